The first kappa shape index (κ1) is 23.0. The van der Waals surface area contributed by atoms with Gasteiger partial charge in [0.2, 0.25) is 0 Å². The van der Waals surface area contributed by atoms with Crippen molar-refractivity contribution >= 4 is 69.2 Å². The second kappa shape index (κ2) is 9.39. The Hall–Kier alpha value is -3.13. The van der Waals surface area contributed by atoms with Gasteiger partial charge in [-0.15, -0.1) is 0 Å². The number of phenols is 1. The summed E-state index contributed by atoms with van der Waals surface area (Å²) in [5.74, 6) is -0.577. The molecule has 1 fully saturated rings. The van der Waals surface area contributed by atoms with Gasteiger partial charge in [0.05, 0.1) is 32.0 Å². The molecule has 2 amide bonds. The van der Waals surface area contributed by atoms with Crippen LogP contribution in [0.4, 0.5) is 21.9 Å². The fraction of sp³-hybridized carbons (Fsp3) is 0.0833. The Kier molecular flexibility index (Phi) is 6.56. The average molecular weight is 498 g/mol. The topological polar surface area (TPSA) is 82.3 Å². The summed E-state index contributed by atoms with van der Waals surface area (Å²) in [6, 6.07) is 14.9. The summed E-state index contributed by atoms with van der Waals surface area (Å²) in [5, 5.41) is 18.8. The van der Waals surface area contributed by atoms with Gasteiger partial charge in [0, 0.05) is 5.56 Å². The summed E-state index contributed by atoms with van der Waals surface area (Å²) in [6.07, 6.45) is 1.45. The molecule has 0 aromatic heterocycles. The van der Waals surface area contributed by atoms with E-state index in [-0.39, 0.29) is 15.7 Å². The lowest BCUT2D eigenvalue weighted by molar-refractivity contribution is -0.113. The molecule has 33 heavy (non-hydrogen) atoms. The number of nitrogens with zero attached hydrogens (tertiary/aromatic N) is 3. The van der Waals surface area contributed by atoms with Crippen molar-refractivity contribution in [3.05, 3.63) is 86.2 Å². The van der Waals surface area contributed by atoms with Crippen LogP contribution in [0.15, 0.2) is 69.7 Å². The average Bonchev–Trinajstić information content (AvgIpc) is 3.06. The first-order valence-electron chi connectivity index (χ1n) is 9.78. The number of thioether (sulfide) groups is 1. The van der Waals surface area contributed by atoms with Gasteiger partial charge in [-0.2, -0.15) is 10.2 Å². The van der Waals surface area contributed by atoms with E-state index >= 15 is 0 Å². The van der Waals surface area contributed by atoms with Crippen molar-refractivity contribution in [3.63, 3.8) is 0 Å². The highest BCUT2D eigenvalue weighted by Crippen LogP contribution is 2.39. The van der Waals surface area contributed by atoms with Crippen molar-refractivity contribution in [1.29, 1.82) is 0 Å². The van der Waals surface area contributed by atoms with E-state index in [1.807, 2.05) is 32.0 Å². The van der Waals surface area contributed by atoms with E-state index in [4.69, 9.17) is 23.2 Å². The normalized spacial score (nSPS) is 15.3. The molecule has 0 aliphatic carbocycles. The maximum Gasteiger partial charge on any atom is 0.298 e. The zero-order valence-corrected chi connectivity index (χ0v) is 19.9. The predicted octanol–water partition coefficient (Wildman–Crippen LogP) is 7.97. The summed E-state index contributed by atoms with van der Waals surface area (Å²) >= 11 is 12.7. The van der Waals surface area contributed by atoms with Crippen molar-refractivity contribution in [2.24, 2.45) is 10.2 Å². The molecular formula is C24H17Cl2N3O3S. The van der Waals surface area contributed by atoms with Gasteiger partial charge < -0.3 is 5.11 Å². The molecule has 166 valence electrons. The summed E-state index contributed by atoms with van der Waals surface area (Å²) in [6.45, 7) is 4.02. The number of rotatable bonds is 4. The maximum atomic E-state index is 12.9. The molecule has 0 saturated carbocycles. The Morgan fingerprint density at radius 2 is 1.58 bits per heavy atom. The molecule has 6 nitrogen and oxygen atoms in total. The molecule has 9 heteroatoms. The number of halogens is 2. The van der Waals surface area contributed by atoms with Crippen molar-refractivity contribution in [3.8, 4) is 5.75 Å². The van der Waals surface area contributed by atoms with E-state index in [1.54, 1.807) is 18.2 Å². The van der Waals surface area contributed by atoms with Crippen LogP contribution in [-0.2, 0) is 4.79 Å². The molecule has 4 rings (SSSR count). The lowest BCUT2D eigenvalue weighted by atomic mass is 10.1. The molecule has 0 radical (unpaired) electrons. The van der Waals surface area contributed by atoms with Crippen LogP contribution < -0.4 is 4.90 Å². The van der Waals surface area contributed by atoms with Crippen LogP contribution in [0.25, 0.3) is 6.08 Å². The number of aryl methyl sites for hydroxylation is 2. The van der Waals surface area contributed by atoms with Gasteiger partial charge in [-0.3, -0.25) is 9.59 Å². The van der Waals surface area contributed by atoms with E-state index in [0.29, 0.717) is 27.6 Å². The molecule has 1 N–H and O–H groups in total. The molecule has 1 saturated heterocycles. The summed E-state index contributed by atoms with van der Waals surface area (Å²) < 4.78 is 0. The van der Waals surface area contributed by atoms with E-state index in [1.165, 1.54) is 24.3 Å². The minimum absolute atomic E-state index is 0.0542. The van der Waals surface area contributed by atoms with Crippen molar-refractivity contribution in [2.75, 3.05) is 4.90 Å². The number of amides is 2. The third-order valence-electron chi connectivity index (χ3n) is 5.02. The lowest BCUT2D eigenvalue weighted by Crippen LogP contribution is -2.27. The molecule has 0 bridgehead atoms. The lowest BCUT2D eigenvalue weighted by Gasteiger charge is -2.13. The minimum atomic E-state index is -0.523. The van der Waals surface area contributed by atoms with E-state index < -0.39 is 11.1 Å². The third-order valence-corrected chi connectivity index (χ3v) is 6.63. The van der Waals surface area contributed by atoms with Gasteiger partial charge in [-0.25, -0.2) is 4.90 Å². The highest BCUT2D eigenvalue weighted by Gasteiger charge is 2.36. The summed E-state index contributed by atoms with van der Waals surface area (Å²) in [7, 11) is 0. The van der Waals surface area contributed by atoms with E-state index in [0.717, 1.165) is 27.8 Å². The number of azo groups is 1. The van der Waals surface area contributed by atoms with Gasteiger partial charge in [0.1, 0.15) is 5.75 Å². The van der Waals surface area contributed by atoms with E-state index in [9.17, 15) is 14.7 Å². The Balaban J connectivity index is 1.61. The number of anilines is 1. The number of aromatic hydroxyl groups is 1. The minimum Gasteiger partial charge on any atom is -0.507 e. The van der Waals surface area contributed by atoms with Crippen molar-refractivity contribution in [1.82, 2.24) is 0 Å². The fourth-order valence-electron chi connectivity index (χ4n) is 3.08. The van der Waals surface area contributed by atoms with Crippen LogP contribution in [0.5, 0.6) is 5.75 Å². The number of carbonyl (C=O) groups excluding carboxylic acids is 2. The zero-order chi connectivity index (χ0) is 23.7. The van der Waals surface area contributed by atoms with Gasteiger partial charge in [0.25, 0.3) is 11.1 Å². The summed E-state index contributed by atoms with van der Waals surface area (Å²) in [5.41, 5.74) is 4.12. The van der Waals surface area contributed by atoms with Crippen LogP contribution in [0.1, 0.15) is 16.7 Å². The molecule has 1 aliphatic rings. The van der Waals surface area contributed by atoms with Crippen molar-refractivity contribution < 1.29 is 14.7 Å². The number of benzene rings is 3. The van der Waals surface area contributed by atoms with Gasteiger partial charge in [-0.1, -0.05) is 29.3 Å². The quantitative estimate of drug-likeness (QED) is 0.292. The second-order valence-corrected chi connectivity index (χ2v) is 9.13. The number of carbonyl (C=O) groups is 2. The summed E-state index contributed by atoms with van der Waals surface area (Å²) in [4.78, 5) is 26.6. The molecule has 1 aliphatic heterocycles. The third kappa shape index (κ3) is 4.95. The van der Waals surface area contributed by atoms with Crippen LogP contribution in [0.2, 0.25) is 10.0 Å². The highest BCUT2D eigenvalue weighted by molar-refractivity contribution is 8.19. The number of hydrogen-bond donors (Lipinski definition) is 1. The Bertz CT molecular complexity index is 1350. The monoisotopic (exact) mass is 497 g/mol. The number of phenolic OH excluding ortho intramolecular Hbond substituents is 1. The second-order valence-electron chi connectivity index (χ2n) is 7.33. The van der Waals surface area contributed by atoms with Crippen LogP contribution in [0, 0.1) is 13.8 Å². The molecule has 1 heterocycles. The largest absolute Gasteiger partial charge is 0.507 e. The Labute approximate surface area is 204 Å². The Morgan fingerprint density at radius 3 is 2.27 bits per heavy atom. The fourth-order valence-corrected chi connectivity index (χ4v) is 4.20. The standard InChI is InChI=1S/C24H17Cl2N3O3S/c1-13-3-4-16(9-14(13)2)27-28-17-5-8-21(30)15(10-17)11-22-23(31)29(24(32)33-22)18-6-7-19(25)20(26)12-18/h3-12,30H,1-2H3/b22-11-,28-27?. The van der Waals surface area contributed by atoms with E-state index in [2.05, 4.69) is 10.2 Å². The van der Waals surface area contributed by atoms with Gasteiger partial charge in [-0.05, 0) is 91.3 Å². The molecule has 0 unspecified atom stereocenters. The van der Waals surface area contributed by atoms with Crippen LogP contribution in [0.3, 0.4) is 0 Å². The predicted molar refractivity (Wildman–Crippen MR) is 133 cm³/mol. The number of imide groups is 1. The van der Waals surface area contributed by atoms with Crippen LogP contribution >= 0.6 is 35.0 Å². The van der Waals surface area contributed by atoms with Crippen molar-refractivity contribution in [2.45, 2.75) is 13.8 Å². The van der Waals surface area contributed by atoms with Gasteiger partial charge in [0.15, 0.2) is 0 Å². The highest BCUT2D eigenvalue weighted by atomic mass is 35.5. The SMILES string of the molecule is Cc1ccc(N=Nc2ccc(O)c(/C=C3\SC(=O)N(c4ccc(Cl)c(Cl)c4)C3=O)c2)cc1C. The first-order chi connectivity index (χ1) is 15.7. The first-order valence-corrected chi connectivity index (χ1v) is 11.3. The smallest absolute Gasteiger partial charge is 0.298 e. The zero-order valence-electron chi connectivity index (χ0n) is 17.5. The number of hydrogen-bond acceptors (Lipinski definition) is 6. The maximum absolute atomic E-state index is 12.9. The molecule has 3 aromatic rings. The van der Waals surface area contributed by atoms with Crippen LogP contribution in [-0.4, -0.2) is 16.3 Å². The molecule has 3 aromatic carbocycles. The molecule has 0 atom stereocenters. The van der Waals surface area contributed by atoms with Gasteiger partial charge >= 0.3 is 0 Å². The Morgan fingerprint density at radius 1 is 0.879 bits per heavy atom. The molecular weight excluding hydrogens is 481 g/mol. The molecule has 0 spiro atoms.